The van der Waals surface area contributed by atoms with Gasteiger partial charge in [0, 0.05) is 25.8 Å². The predicted octanol–water partition coefficient (Wildman–Crippen LogP) is 4.73. The molecule has 2 N–H and O–H groups in total. The molecule has 4 heterocycles. The van der Waals surface area contributed by atoms with Crippen molar-refractivity contribution in [1.29, 1.82) is 0 Å². The summed E-state index contributed by atoms with van der Waals surface area (Å²) in [5.74, 6) is 0.723. The van der Waals surface area contributed by atoms with Crippen molar-refractivity contribution in [2.45, 2.75) is 45.8 Å². The summed E-state index contributed by atoms with van der Waals surface area (Å²) in [4.78, 5) is 33.9. The van der Waals surface area contributed by atoms with E-state index in [1.165, 1.54) is 17.4 Å². The number of anilines is 1. The van der Waals surface area contributed by atoms with E-state index in [0.29, 0.717) is 29.8 Å². The summed E-state index contributed by atoms with van der Waals surface area (Å²) in [6.07, 6.45) is 4.81. The van der Waals surface area contributed by atoms with E-state index >= 15 is 0 Å². The largest absolute Gasteiger partial charge is 0.334 e. The number of nitrogens with zero attached hydrogens (tertiary/aromatic N) is 5. The van der Waals surface area contributed by atoms with Gasteiger partial charge in [-0.25, -0.2) is 4.98 Å². The molecular weight excluding hydrogens is 510 g/mol. The minimum absolute atomic E-state index is 0.000863. The van der Waals surface area contributed by atoms with Crippen LogP contribution in [0.25, 0.3) is 21.6 Å². The summed E-state index contributed by atoms with van der Waals surface area (Å²) < 4.78 is 2.02. The number of rotatable bonds is 10. The second-order valence-electron chi connectivity index (χ2n) is 10.2. The molecule has 0 spiro atoms. The summed E-state index contributed by atoms with van der Waals surface area (Å²) in [6.45, 7) is 10.9. The van der Waals surface area contributed by atoms with Gasteiger partial charge < -0.3 is 14.8 Å². The van der Waals surface area contributed by atoms with E-state index in [4.69, 9.17) is 4.98 Å². The van der Waals surface area contributed by atoms with Gasteiger partial charge in [0.2, 0.25) is 11.9 Å². The number of benzene rings is 1. The van der Waals surface area contributed by atoms with Crippen LogP contribution in [0.4, 0.5) is 5.95 Å². The Balaban J connectivity index is 1.43. The highest BCUT2D eigenvalue weighted by Crippen LogP contribution is 2.29. The molecule has 5 rings (SSSR count). The molecule has 0 bridgehead atoms. The Kier molecular flexibility index (Phi) is 8.13. The number of fused-ring (bicyclic) bond motifs is 1. The fraction of sp³-hybridized carbons (Fsp3) is 0.345. The molecule has 4 aromatic rings. The monoisotopic (exact) mass is 543 g/mol. The maximum atomic E-state index is 13.3. The number of hydrogen-bond acceptors (Lipinski definition) is 7. The van der Waals surface area contributed by atoms with Crippen LogP contribution in [0.1, 0.15) is 41.9 Å². The van der Waals surface area contributed by atoms with Crippen molar-refractivity contribution in [1.82, 2.24) is 30.0 Å². The van der Waals surface area contributed by atoms with Gasteiger partial charge >= 0.3 is 0 Å². The quantitative estimate of drug-likeness (QED) is 0.280. The standard InChI is InChI=1S/C29H33N7O2S/c1-4-27(37)35-14-6-7-21(35)18-36-24-10-9-20(17-30-16-19(2)3)15-23(24)32-29(36)33-28(38)26-12-11-25(39-26)22-8-5-13-31-34-22/h4-5,8-13,15,19,21,30H,1,6-7,14,16-18H2,2-3H3,(H,32,33,38)/t21-/m1/s1. The van der Waals surface area contributed by atoms with E-state index in [0.717, 1.165) is 53.1 Å². The molecule has 1 aliphatic heterocycles. The van der Waals surface area contributed by atoms with Crippen LogP contribution in [0.5, 0.6) is 0 Å². The van der Waals surface area contributed by atoms with Gasteiger partial charge in [-0.2, -0.15) is 5.10 Å². The van der Waals surface area contributed by atoms with Crippen molar-refractivity contribution in [2.75, 3.05) is 18.4 Å². The minimum atomic E-state index is -0.240. The highest BCUT2D eigenvalue weighted by Gasteiger charge is 2.29. The molecule has 10 heteroatoms. The van der Waals surface area contributed by atoms with Crippen LogP contribution in [-0.2, 0) is 17.9 Å². The van der Waals surface area contributed by atoms with Crippen LogP contribution in [0.15, 0.2) is 61.3 Å². The molecule has 1 atom stereocenters. The lowest BCUT2D eigenvalue weighted by Gasteiger charge is -2.24. The Labute approximate surface area is 232 Å². The van der Waals surface area contributed by atoms with Crippen molar-refractivity contribution >= 4 is 40.1 Å². The fourth-order valence-electron chi connectivity index (χ4n) is 4.91. The van der Waals surface area contributed by atoms with E-state index in [-0.39, 0.29) is 17.9 Å². The van der Waals surface area contributed by atoms with Crippen LogP contribution in [-0.4, -0.2) is 55.6 Å². The van der Waals surface area contributed by atoms with Gasteiger partial charge in [0.15, 0.2) is 0 Å². The maximum Gasteiger partial charge on any atom is 0.268 e. The first kappa shape index (κ1) is 26.7. The van der Waals surface area contributed by atoms with Gasteiger partial charge in [-0.1, -0.05) is 26.5 Å². The molecule has 3 aromatic heterocycles. The number of carbonyl (C=O) groups excluding carboxylic acids is 2. The van der Waals surface area contributed by atoms with Gasteiger partial charge in [-0.15, -0.1) is 16.4 Å². The zero-order valence-corrected chi connectivity index (χ0v) is 23.1. The van der Waals surface area contributed by atoms with E-state index < -0.39 is 0 Å². The first-order chi connectivity index (χ1) is 18.9. The van der Waals surface area contributed by atoms with E-state index in [1.54, 1.807) is 12.3 Å². The average molecular weight is 544 g/mol. The van der Waals surface area contributed by atoms with Crippen molar-refractivity contribution in [3.63, 3.8) is 0 Å². The van der Waals surface area contributed by atoms with Crippen molar-refractivity contribution in [3.05, 3.63) is 71.8 Å². The highest BCUT2D eigenvalue weighted by atomic mass is 32.1. The highest BCUT2D eigenvalue weighted by molar-refractivity contribution is 7.17. The third-order valence-electron chi connectivity index (χ3n) is 6.80. The molecule has 39 heavy (non-hydrogen) atoms. The van der Waals surface area contributed by atoms with Crippen molar-refractivity contribution < 1.29 is 9.59 Å². The minimum Gasteiger partial charge on any atom is -0.334 e. The second kappa shape index (κ2) is 11.9. The Bertz CT molecular complexity index is 1480. The molecule has 9 nitrogen and oxygen atoms in total. The van der Waals surface area contributed by atoms with Crippen LogP contribution in [0.3, 0.4) is 0 Å². The molecule has 0 aliphatic carbocycles. The van der Waals surface area contributed by atoms with Gasteiger partial charge in [-0.05, 0) is 73.3 Å². The van der Waals surface area contributed by atoms with Crippen molar-refractivity contribution in [3.8, 4) is 10.6 Å². The summed E-state index contributed by atoms with van der Waals surface area (Å²) in [5, 5.41) is 14.6. The number of imidazole rings is 1. The number of likely N-dealkylation sites (tertiary alicyclic amines) is 1. The zero-order valence-electron chi connectivity index (χ0n) is 22.3. The third kappa shape index (κ3) is 6.07. The first-order valence-corrected chi connectivity index (χ1v) is 14.1. The Morgan fingerprint density at radius 1 is 1.23 bits per heavy atom. The molecular formula is C29H33N7O2S. The summed E-state index contributed by atoms with van der Waals surface area (Å²) >= 11 is 1.36. The van der Waals surface area contributed by atoms with Crippen LogP contribution in [0.2, 0.25) is 0 Å². The number of thiophene rings is 1. The normalized spacial score (nSPS) is 15.3. The van der Waals surface area contributed by atoms with Gasteiger partial charge in [0.05, 0.1) is 26.8 Å². The molecule has 1 aromatic carbocycles. The summed E-state index contributed by atoms with van der Waals surface area (Å²) in [6, 6.07) is 13.6. The number of aromatic nitrogens is 4. The Hall–Kier alpha value is -3.89. The second-order valence-corrected chi connectivity index (χ2v) is 11.2. The Morgan fingerprint density at radius 2 is 2.10 bits per heavy atom. The SMILES string of the molecule is C=CC(=O)N1CCC[C@@H]1Cn1c(NC(=O)c2ccc(-c3cccnn3)s2)nc2cc(CNCC(C)C)ccc21. The van der Waals surface area contributed by atoms with E-state index in [1.807, 2.05) is 27.7 Å². The van der Waals surface area contributed by atoms with Crippen LogP contribution in [0, 0.1) is 5.92 Å². The molecule has 1 saturated heterocycles. The first-order valence-electron chi connectivity index (χ1n) is 13.2. The molecule has 1 fully saturated rings. The van der Waals surface area contributed by atoms with Gasteiger partial charge in [0.25, 0.3) is 5.91 Å². The van der Waals surface area contributed by atoms with E-state index in [2.05, 4.69) is 59.5 Å². The summed E-state index contributed by atoms with van der Waals surface area (Å²) in [5.41, 5.74) is 3.57. The fourth-order valence-corrected chi connectivity index (χ4v) is 5.77. The lowest BCUT2D eigenvalue weighted by molar-refractivity contribution is -0.126. The van der Waals surface area contributed by atoms with Crippen molar-refractivity contribution in [2.24, 2.45) is 5.92 Å². The summed E-state index contributed by atoms with van der Waals surface area (Å²) in [7, 11) is 0. The number of hydrogen-bond donors (Lipinski definition) is 2. The average Bonchev–Trinajstić information content (AvgIpc) is 3.68. The predicted molar refractivity (Wildman–Crippen MR) is 155 cm³/mol. The van der Waals surface area contributed by atoms with E-state index in [9.17, 15) is 9.59 Å². The number of nitrogens with one attached hydrogen (secondary N) is 2. The smallest absolute Gasteiger partial charge is 0.268 e. The topological polar surface area (TPSA) is 105 Å². The maximum absolute atomic E-state index is 13.3. The number of carbonyl (C=O) groups is 2. The molecule has 0 unspecified atom stereocenters. The Morgan fingerprint density at radius 3 is 2.87 bits per heavy atom. The lowest BCUT2D eigenvalue weighted by Crippen LogP contribution is -2.37. The molecule has 1 aliphatic rings. The van der Waals surface area contributed by atoms with Gasteiger partial charge in [-0.3, -0.25) is 14.9 Å². The number of amides is 2. The van der Waals surface area contributed by atoms with Gasteiger partial charge in [0.1, 0.15) is 5.69 Å². The van der Waals surface area contributed by atoms with Crippen LogP contribution < -0.4 is 10.6 Å². The third-order valence-corrected chi connectivity index (χ3v) is 7.91. The molecule has 0 saturated carbocycles. The molecule has 202 valence electrons. The molecule has 0 radical (unpaired) electrons. The lowest BCUT2D eigenvalue weighted by atomic mass is 10.1. The zero-order chi connectivity index (χ0) is 27.4. The molecule has 2 amide bonds. The van der Waals surface area contributed by atoms with Crippen LogP contribution >= 0.6 is 11.3 Å².